The van der Waals surface area contributed by atoms with Crippen molar-refractivity contribution in [1.29, 1.82) is 0 Å². The van der Waals surface area contributed by atoms with E-state index in [0.717, 1.165) is 29.7 Å². The van der Waals surface area contributed by atoms with Crippen LogP contribution in [0.1, 0.15) is 24.5 Å². The summed E-state index contributed by atoms with van der Waals surface area (Å²) in [6, 6.07) is 4.76. The van der Waals surface area contributed by atoms with E-state index >= 15 is 0 Å². The molecule has 1 amide bonds. The number of aryl methyl sites for hydroxylation is 1. The highest BCUT2D eigenvalue weighted by molar-refractivity contribution is 14.1. The number of alkyl halides is 1. The van der Waals surface area contributed by atoms with Crippen LogP contribution in [0.15, 0.2) is 24.3 Å². The van der Waals surface area contributed by atoms with Crippen molar-refractivity contribution in [3.63, 3.8) is 0 Å². The van der Waals surface area contributed by atoms with Gasteiger partial charge in [-0.05, 0) is 36.6 Å². The van der Waals surface area contributed by atoms with Crippen LogP contribution in [-0.4, -0.2) is 21.8 Å². The van der Waals surface area contributed by atoms with Gasteiger partial charge in [0, 0.05) is 18.3 Å². The summed E-state index contributed by atoms with van der Waals surface area (Å²) >= 11 is 2.15. The molecule has 0 fully saturated rings. The van der Waals surface area contributed by atoms with Gasteiger partial charge in [0.05, 0.1) is 3.92 Å². The lowest BCUT2D eigenvalue weighted by molar-refractivity contribution is -0.126. The molecule has 4 heteroatoms. The number of halogens is 2. The molecule has 1 aromatic carbocycles. The molecule has 0 saturated carbocycles. The van der Waals surface area contributed by atoms with Crippen LogP contribution in [0.25, 0.3) is 5.70 Å². The predicted octanol–water partition coefficient (Wildman–Crippen LogP) is 3.39. The van der Waals surface area contributed by atoms with E-state index in [1.807, 2.05) is 6.92 Å². The lowest BCUT2D eigenvalue weighted by Crippen LogP contribution is -2.35. The van der Waals surface area contributed by atoms with Gasteiger partial charge < -0.3 is 4.90 Å². The molecule has 0 bridgehead atoms. The van der Waals surface area contributed by atoms with E-state index in [1.165, 1.54) is 6.07 Å². The van der Waals surface area contributed by atoms with Gasteiger partial charge in [0.2, 0.25) is 5.91 Å². The lowest BCUT2D eigenvalue weighted by Gasteiger charge is -2.29. The number of carbonyl (C=O) groups excluding carboxylic acids is 1. The van der Waals surface area contributed by atoms with Gasteiger partial charge in [0.15, 0.2) is 0 Å². The van der Waals surface area contributed by atoms with Gasteiger partial charge in [0.25, 0.3) is 0 Å². The predicted molar refractivity (Wildman–Crippen MR) is 79.0 cm³/mol. The zero-order valence-electron chi connectivity index (χ0n) is 10.4. The number of benzene rings is 1. The molecule has 96 valence electrons. The van der Waals surface area contributed by atoms with E-state index in [1.54, 1.807) is 24.1 Å². The lowest BCUT2D eigenvalue weighted by atomic mass is 9.98. The molecule has 0 radical (unpaired) electrons. The second kappa shape index (κ2) is 5.38. The smallest absolute Gasteiger partial charge is 0.240 e. The minimum Gasteiger partial charge on any atom is -0.314 e. The van der Waals surface area contributed by atoms with Crippen molar-refractivity contribution >= 4 is 34.2 Å². The molecule has 1 aliphatic heterocycles. The molecule has 1 aromatic rings. The zero-order valence-corrected chi connectivity index (χ0v) is 12.6. The number of hydrogen-bond acceptors (Lipinski definition) is 1. The maximum atomic E-state index is 13.2. The molecule has 1 atom stereocenters. The molecule has 0 aromatic heterocycles. The average Bonchev–Trinajstić information content (AvgIpc) is 2.37. The molecule has 1 unspecified atom stereocenters. The Kier molecular flexibility index (Phi) is 4.04. The topological polar surface area (TPSA) is 20.3 Å². The fourth-order valence-corrected chi connectivity index (χ4v) is 2.85. The van der Waals surface area contributed by atoms with E-state index in [9.17, 15) is 9.18 Å². The Labute approximate surface area is 120 Å². The van der Waals surface area contributed by atoms with E-state index in [4.69, 9.17) is 0 Å². The van der Waals surface area contributed by atoms with Crippen LogP contribution >= 0.6 is 22.6 Å². The summed E-state index contributed by atoms with van der Waals surface area (Å²) in [5.74, 6) is -0.118. The number of carbonyl (C=O) groups is 1. The minimum atomic E-state index is -0.229. The Morgan fingerprint density at radius 2 is 2.22 bits per heavy atom. The van der Waals surface area contributed by atoms with Crippen LogP contribution in [0.4, 0.5) is 4.39 Å². The quantitative estimate of drug-likeness (QED) is 0.586. The van der Waals surface area contributed by atoms with Crippen molar-refractivity contribution in [2.24, 2.45) is 0 Å². The normalized spacial score (nSPS) is 20.0. The van der Waals surface area contributed by atoms with Gasteiger partial charge in [-0.2, -0.15) is 0 Å². The molecule has 18 heavy (non-hydrogen) atoms. The fraction of sp³-hybridized carbons (Fsp3) is 0.357. The Morgan fingerprint density at radius 1 is 1.50 bits per heavy atom. The second-order valence-electron chi connectivity index (χ2n) is 4.34. The van der Waals surface area contributed by atoms with Crippen LogP contribution < -0.4 is 0 Å². The van der Waals surface area contributed by atoms with Crippen molar-refractivity contribution in [3.05, 3.63) is 41.2 Å². The molecular formula is C14H15FINO. The van der Waals surface area contributed by atoms with Gasteiger partial charge in [-0.15, -0.1) is 0 Å². The van der Waals surface area contributed by atoms with Crippen molar-refractivity contribution in [1.82, 2.24) is 4.90 Å². The second-order valence-corrected chi connectivity index (χ2v) is 5.85. The first-order chi connectivity index (χ1) is 8.54. The summed E-state index contributed by atoms with van der Waals surface area (Å²) < 4.78 is 13.2. The van der Waals surface area contributed by atoms with Gasteiger partial charge >= 0.3 is 0 Å². The molecule has 2 nitrogen and oxygen atoms in total. The van der Waals surface area contributed by atoms with Crippen molar-refractivity contribution in [3.8, 4) is 0 Å². The fourth-order valence-electron chi connectivity index (χ4n) is 2.18. The Bertz CT molecular complexity index is 513. The summed E-state index contributed by atoms with van der Waals surface area (Å²) in [5.41, 5.74) is 2.79. The van der Waals surface area contributed by atoms with E-state index < -0.39 is 0 Å². The minimum absolute atomic E-state index is 0.00174. The SMILES string of the molecule is CCc1cc(F)ccc1C1=CCC(I)C(=O)N1C. The molecule has 0 spiro atoms. The van der Waals surface area contributed by atoms with Crippen molar-refractivity contribution in [2.75, 3.05) is 7.05 Å². The first-order valence-corrected chi connectivity index (χ1v) is 7.19. The average molecular weight is 359 g/mol. The van der Waals surface area contributed by atoms with Gasteiger partial charge in [-0.25, -0.2) is 4.39 Å². The number of allylic oxidation sites excluding steroid dienone is 1. The maximum Gasteiger partial charge on any atom is 0.240 e. The third kappa shape index (κ3) is 2.43. The van der Waals surface area contributed by atoms with Crippen molar-refractivity contribution < 1.29 is 9.18 Å². The highest BCUT2D eigenvalue weighted by Crippen LogP contribution is 2.30. The number of nitrogens with zero attached hydrogens (tertiary/aromatic N) is 1. The Morgan fingerprint density at radius 3 is 2.89 bits per heavy atom. The van der Waals surface area contributed by atoms with E-state index in [0.29, 0.717) is 0 Å². The third-order valence-electron chi connectivity index (χ3n) is 3.20. The van der Waals surface area contributed by atoms with Crippen LogP contribution in [0.3, 0.4) is 0 Å². The number of rotatable bonds is 2. The van der Waals surface area contributed by atoms with E-state index in [2.05, 4.69) is 28.7 Å². The summed E-state index contributed by atoms with van der Waals surface area (Å²) in [6.45, 7) is 1.99. The summed E-state index contributed by atoms with van der Waals surface area (Å²) in [4.78, 5) is 13.7. The van der Waals surface area contributed by atoms with Gasteiger partial charge in [-0.3, -0.25) is 4.79 Å². The zero-order chi connectivity index (χ0) is 13.3. The number of amides is 1. The molecule has 0 N–H and O–H groups in total. The first-order valence-electron chi connectivity index (χ1n) is 5.95. The van der Waals surface area contributed by atoms with E-state index in [-0.39, 0.29) is 15.6 Å². The van der Waals surface area contributed by atoms with Crippen LogP contribution in [-0.2, 0) is 11.2 Å². The standard InChI is InChI=1S/C14H15FINO/c1-3-9-8-10(15)4-5-11(9)13-7-6-12(16)14(18)17(13)2/h4-5,7-8,12H,3,6H2,1-2H3. The van der Waals surface area contributed by atoms with Crippen LogP contribution in [0.2, 0.25) is 0 Å². The highest BCUT2D eigenvalue weighted by atomic mass is 127. The van der Waals surface area contributed by atoms with Crippen LogP contribution in [0.5, 0.6) is 0 Å². The van der Waals surface area contributed by atoms with Gasteiger partial charge in [-0.1, -0.05) is 35.6 Å². The van der Waals surface area contributed by atoms with Crippen LogP contribution in [0, 0.1) is 5.82 Å². The number of hydrogen-bond donors (Lipinski definition) is 0. The Balaban J connectivity index is 2.46. The molecule has 1 heterocycles. The molecule has 2 rings (SSSR count). The Hall–Kier alpha value is -0.910. The summed E-state index contributed by atoms with van der Waals surface area (Å²) in [5, 5.41) is 0. The largest absolute Gasteiger partial charge is 0.314 e. The monoisotopic (exact) mass is 359 g/mol. The molecular weight excluding hydrogens is 344 g/mol. The summed E-state index contributed by atoms with van der Waals surface area (Å²) in [6.07, 6.45) is 3.55. The first kappa shape index (κ1) is 13.5. The molecule has 0 aliphatic carbocycles. The third-order valence-corrected chi connectivity index (χ3v) is 4.24. The summed E-state index contributed by atoms with van der Waals surface area (Å²) in [7, 11) is 1.78. The maximum absolute atomic E-state index is 13.2. The molecule has 1 aliphatic rings. The molecule has 0 saturated heterocycles. The highest BCUT2D eigenvalue weighted by Gasteiger charge is 2.27. The van der Waals surface area contributed by atoms with Gasteiger partial charge in [0.1, 0.15) is 5.82 Å². The van der Waals surface area contributed by atoms with Crippen molar-refractivity contribution in [2.45, 2.75) is 23.7 Å².